The zero-order chi connectivity index (χ0) is 18.7. The maximum Gasteiger partial charge on any atom is 0.268 e. The number of carbonyl (C=O) groups is 2. The van der Waals surface area contributed by atoms with Gasteiger partial charge >= 0.3 is 0 Å². The number of likely N-dealkylation sites (tertiary alicyclic amines) is 1. The highest BCUT2D eigenvalue weighted by Gasteiger charge is 2.29. The lowest BCUT2D eigenvalue weighted by Gasteiger charge is -2.35. The minimum absolute atomic E-state index is 0.0420. The Morgan fingerprint density at radius 1 is 1.35 bits per heavy atom. The second-order valence-corrected chi connectivity index (χ2v) is 6.92. The highest BCUT2D eigenvalue weighted by atomic mass is 16.2. The predicted molar refractivity (Wildman–Crippen MR) is 96.3 cm³/mol. The number of carbonyl (C=O) groups excluding carboxylic acids is 2. The van der Waals surface area contributed by atoms with Crippen LogP contribution < -0.4 is 5.32 Å². The molecule has 1 saturated heterocycles. The molecule has 3 heterocycles. The van der Waals surface area contributed by atoms with Crippen molar-refractivity contribution in [3.05, 3.63) is 36.2 Å². The first-order valence-corrected chi connectivity index (χ1v) is 9.03. The van der Waals surface area contributed by atoms with E-state index in [-0.39, 0.29) is 23.9 Å². The summed E-state index contributed by atoms with van der Waals surface area (Å²) in [4.78, 5) is 30.4. The van der Waals surface area contributed by atoms with E-state index in [1.807, 2.05) is 35.6 Å². The molecule has 8 heteroatoms. The van der Waals surface area contributed by atoms with E-state index in [0.29, 0.717) is 12.2 Å². The highest BCUT2D eigenvalue weighted by Crippen LogP contribution is 2.31. The average molecular weight is 358 g/mol. The van der Waals surface area contributed by atoms with Crippen LogP contribution in [-0.2, 0) is 18.4 Å². The van der Waals surface area contributed by atoms with Crippen molar-refractivity contribution in [2.75, 3.05) is 6.54 Å². The number of nitrogens with one attached hydrogen (secondary N) is 1. The van der Waals surface area contributed by atoms with Gasteiger partial charge in [0.2, 0.25) is 5.91 Å². The first-order valence-electron chi connectivity index (χ1n) is 9.03. The van der Waals surface area contributed by atoms with E-state index in [4.69, 9.17) is 0 Å². The summed E-state index contributed by atoms with van der Waals surface area (Å²) in [6, 6.07) is 3.76. The number of rotatable bonds is 5. The van der Waals surface area contributed by atoms with E-state index in [0.717, 1.165) is 31.5 Å². The van der Waals surface area contributed by atoms with E-state index < -0.39 is 0 Å². The normalized spacial score (nSPS) is 18.6. The van der Waals surface area contributed by atoms with Gasteiger partial charge < -0.3 is 14.8 Å². The Labute approximate surface area is 153 Å². The third-order valence-electron chi connectivity index (χ3n) is 4.95. The summed E-state index contributed by atoms with van der Waals surface area (Å²) < 4.78 is 3.59. The van der Waals surface area contributed by atoms with Crippen LogP contribution in [0.25, 0.3) is 0 Å². The summed E-state index contributed by atoms with van der Waals surface area (Å²) in [5, 5.41) is 7.05. The largest absolute Gasteiger partial charge is 0.346 e. The topological polar surface area (TPSA) is 85.1 Å². The summed E-state index contributed by atoms with van der Waals surface area (Å²) in [6.07, 6.45) is 6.16. The summed E-state index contributed by atoms with van der Waals surface area (Å²) in [7, 11) is 1.89. The molecule has 1 aliphatic heterocycles. The number of amides is 2. The van der Waals surface area contributed by atoms with Crippen molar-refractivity contribution in [1.29, 1.82) is 0 Å². The summed E-state index contributed by atoms with van der Waals surface area (Å²) in [6.45, 7) is 4.88. The van der Waals surface area contributed by atoms with E-state index in [1.165, 1.54) is 6.33 Å². The van der Waals surface area contributed by atoms with E-state index >= 15 is 0 Å². The van der Waals surface area contributed by atoms with Crippen LogP contribution in [0.2, 0.25) is 0 Å². The maximum absolute atomic E-state index is 12.7. The molecule has 3 rings (SSSR count). The fourth-order valence-corrected chi connectivity index (χ4v) is 3.66. The van der Waals surface area contributed by atoms with Crippen LogP contribution in [0.4, 0.5) is 0 Å². The molecule has 1 aliphatic rings. The van der Waals surface area contributed by atoms with Gasteiger partial charge in [0.25, 0.3) is 5.91 Å². The van der Waals surface area contributed by atoms with E-state index in [1.54, 1.807) is 17.9 Å². The fraction of sp³-hybridized carbons (Fsp3) is 0.556. The molecular weight excluding hydrogens is 332 g/mol. The number of hydrogen-bond acceptors (Lipinski definition) is 4. The van der Waals surface area contributed by atoms with Gasteiger partial charge in [-0.1, -0.05) is 0 Å². The molecule has 0 aromatic carbocycles. The Bertz CT molecular complexity index is 767. The van der Waals surface area contributed by atoms with Gasteiger partial charge in [0.05, 0.1) is 12.6 Å². The van der Waals surface area contributed by atoms with Gasteiger partial charge in [-0.05, 0) is 38.3 Å². The van der Waals surface area contributed by atoms with Crippen molar-refractivity contribution in [2.24, 2.45) is 7.05 Å². The molecule has 2 aromatic rings. The SMILES string of the molecule is CC(=O)N1CCCCC1c1ccc(C(=O)NC(C)Cn2cncn2)n1C. The Morgan fingerprint density at radius 3 is 2.85 bits per heavy atom. The standard InChI is InChI=1S/C18H26N6O2/c1-13(10-23-12-19-11-20-23)21-18(26)17-8-7-15(22(17)3)16-6-4-5-9-24(16)14(2)25/h7-8,11-13,16H,4-6,9-10H2,1-3H3,(H,21,26). The fourth-order valence-electron chi connectivity index (χ4n) is 3.66. The van der Waals surface area contributed by atoms with Crippen LogP contribution in [0.5, 0.6) is 0 Å². The average Bonchev–Trinajstić information content (AvgIpc) is 3.24. The molecule has 2 amide bonds. The van der Waals surface area contributed by atoms with Crippen LogP contribution in [0.15, 0.2) is 24.8 Å². The molecule has 2 unspecified atom stereocenters. The Balaban J connectivity index is 1.71. The molecule has 0 radical (unpaired) electrons. The number of piperidine rings is 1. The molecule has 2 atom stereocenters. The lowest BCUT2D eigenvalue weighted by atomic mass is 9.99. The molecule has 0 saturated carbocycles. The zero-order valence-electron chi connectivity index (χ0n) is 15.6. The second-order valence-electron chi connectivity index (χ2n) is 6.92. The van der Waals surface area contributed by atoms with Gasteiger partial charge in [0.15, 0.2) is 0 Å². The Kier molecular flexibility index (Phi) is 5.39. The number of aromatic nitrogens is 4. The first-order chi connectivity index (χ1) is 12.5. The van der Waals surface area contributed by atoms with Crippen molar-refractivity contribution in [3.8, 4) is 0 Å². The first kappa shape index (κ1) is 18.2. The molecule has 8 nitrogen and oxygen atoms in total. The van der Waals surface area contributed by atoms with Crippen LogP contribution in [-0.4, -0.2) is 48.6 Å². The highest BCUT2D eigenvalue weighted by molar-refractivity contribution is 5.93. The zero-order valence-corrected chi connectivity index (χ0v) is 15.6. The number of nitrogens with zero attached hydrogens (tertiary/aromatic N) is 5. The van der Waals surface area contributed by atoms with Crippen molar-refractivity contribution in [1.82, 2.24) is 29.5 Å². The van der Waals surface area contributed by atoms with Gasteiger partial charge in [0.1, 0.15) is 18.3 Å². The van der Waals surface area contributed by atoms with E-state index in [9.17, 15) is 9.59 Å². The molecule has 1 N–H and O–H groups in total. The summed E-state index contributed by atoms with van der Waals surface area (Å²) in [5.74, 6) is -0.0418. The predicted octanol–water partition coefficient (Wildman–Crippen LogP) is 1.51. The lowest BCUT2D eigenvalue weighted by molar-refractivity contribution is -0.132. The minimum atomic E-state index is -0.128. The van der Waals surface area contributed by atoms with Crippen molar-refractivity contribution in [2.45, 2.75) is 51.7 Å². The molecule has 2 aromatic heterocycles. The Morgan fingerprint density at radius 2 is 2.15 bits per heavy atom. The van der Waals surface area contributed by atoms with Gasteiger partial charge in [-0.15, -0.1) is 0 Å². The van der Waals surface area contributed by atoms with Crippen molar-refractivity contribution < 1.29 is 9.59 Å². The molecule has 0 aliphatic carbocycles. The van der Waals surface area contributed by atoms with E-state index in [2.05, 4.69) is 15.4 Å². The Hall–Kier alpha value is -2.64. The number of hydrogen-bond donors (Lipinski definition) is 1. The van der Waals surface area contributed by atoms with Crippen LogP contribution in [0, 0.1) is 0 Å². The van der Waals surface area contributed by atoms with Gasteiger partial charge in [-0.3, -0.25) is 14.3 Å². The molecular formula is C18H26N6O2. The molecule has 0 bridgehead atoms. The van der Waals surface area contributed by atoms with Crippen molar-refractivity contribution >= 4 is 11.8 Å². The van der Waals surface area contributed by atoms with Crippen molar-refractivity contribution in [3.63, 3.8) is 0 Å². The lowest BCUT2D eigenvalue weighted by Crippen LogP contribution is -2.39. The third kappa shape index (κ3) is 3.79. The quantitative estimate of drug-likeness (QED) is 0.878. The molecule has 1 fully saturated rings. The molecule has 0 spiro atoms. The van der Waals surface area contributed by atoms with Gasteiger partial charge in [0, 0.05) is 32.3 Å². The van der Waals surface area contributed by atoms with Gasteiger partial charge in [-0.2, -0.15) is 5.10 Å². The third-order valence-corrected chi connectivity index (χ3v) is 4.95. The maximum atomic E-state index is 12.7. The van der Waals surface area contributed by atoms with Crippen LogP contribution in [0.1, 0.15) is 55.3 Å². The molecule has 26 heavy (non-hydrogen) atoms. The minimum Gasteiger partial charge on any atom is -0.346 e. The van der Waals surface area contributed by atoms with Gasteiger partial charge in [-0.25, -0.2) is 4.98 Å². The van der Waals surface area contributed by atoms with Crippen LogP contribution in [0.3, 0.4) is 0 Å². The summed E-state index contributed by atoms with van der Waals surface area (Å²) >= 11 is 0. The smallest absolute Gasteiger partial charge is 0.268 e. The monoisotopic (exact) mass is 358 g/mol. The summed E-state index contributed by atoms with van der Waals surface area (Å²) in [5.41, 5.74) is 1.61. The second kappa shape index (κ2) is 7.72. The van der Waals surface area contributed by atoms with Crippen LogP contribution >= 0.6 is 0 Å². The molecule has 140 valence electrons.